The van der Waals surface area contributed by atoms with E-state index in [2.05, 4.69) is 27.5 Å². The zero-order valence-electron chi connectivity index (χ0n) is 13.5. The number of anilines is 2. The molecule has 2 N–H and O–H groups in total. The van der Waals surface area contributed by atoms with Crippen molar-refractivity contribution in [1.82, 2.24) is 14.9 Å². The fourth-order valence-electron chi connectivity index (χ4n) is 3.08. The molecule has 1 aliphatic rings. The molecule has 0 aliphatic carbocycles. The zero-order chi connectivity index (χ0) is 16.1. The maximum atomic E-state index is 9.07. The molecule has 1 fully saturated rings. The number of piperidine rings is 1. The van der Waals surface area contributed by atoms with Gasteiger partial charge in [-0.05, 0) is 51.4 Å². The van der Waals surface area contributed by atoms with Crippen LogP contribution in [-0.2, 0) is 0 Å². The summed E-state index contributed by atoms with van der Waals surface area (Å²) in [5.74, 6) is 1.38. The van der Waals surface area contributed by atoms with Crippen LogP contribution < -0.4 is 5.32 Å². The molecular formula is C17H24N4OS. The molecule has 3 rings (SSSR count). The fourth-order valence-corrected chi connectivity index (χ4v) is 3.88. The normalized spacial score (nSPS) is 18.0. The van der Waals surface area contributed by atoms with Crippen molar-refractivity contribution in [2.45, 2.75) is 38.1 Å². The molecule has 1 saturated heterocycles. The van der Waals surface area contributed by atoms with Gasteiger partial charge in [0.2, 0.25) is 0 Å². The summed E-state index contributed by atoms with van der Waals surface area (Å²) < 4.78 is 0. The molecule has 0 unspecified atom stereocenters. The van der Waals surface area contributed by atoms with Crippen LogP contribution in [0.1, 0.15) is 37.8 Å². The highest BCUT2D eigenvalue weighted by atomic mass is 32.1. The highest BCUT2D eigenvalue weighted by Gasteiger charge is 2.25. The number of hydrogen-bond acceptors (Lipinski definition) is 6. The Labute approximate surface area is 141 Å². The first-order valence-electron chi connectivity index (χ1n) is 8.24. The fraction of sp³-hybridized carbons (Fsp3) is 0.529. The Morgan fingerprint density at radius 1 is 1.39 bits per heavy atom. The molecule has 6 heteroatoms. The van der Waals surface area contributed by atoms with Crippen molar-refractivity contribution < 1.29 is 5.11 Å². The van der Waals surface area contributed by atoms with Gasteiger partial charge in [0.1, 0.15) is 5.82 Å². The number of hydrogen-bond donors (Lipinski definition) is 2. The largest absolute Gasteiger partial charge is 0.396 e. The number of aromatic nitrogens is 2. The van der Waals surface area contributed by atoms with Crippen molar-refractivity contribution in [1.29, 1.82) is 0 Å². The Hall–Kier alpha value is -1.50. The Morgan fingerprint density at radius 3 is 2.91 bits per heavy atom. The molecule has 0 radical (unpaired) electrons. The first-order valence-corrected chi connectivity index (χ1v) is 9.12. The molecular weight excluding hydrogens is 308 g/mol. The van der Waals surface area contributed by atoms with E-state index in [4.69, 9.17) is 10.1 Å². The number of aliphatic hydroxyl groups is 1. The van der Waals surface area contributed by atoms with Crippen LogP contribution in [0.5, 0.6) is 0 Å². The number of nitrogens with one attached hydrogen (secondary N) is 1. The third-order valence-electron chi connectivity index (χ3n) is 4.54. The molecule has 2 aromatic rings. The number of aliphatic hydroxyl groups excluding tert-OH is 1. The summed E-state index contributed by atoms with van der Waals surface area (Å²) in [6.07, 6.45) is 4.92. The Balaban J connectivity index is 1.55. The minimum absolute atomic E-state index is 0.274. The van der Waals surface area contributed by atoms with Crippen LogP contribution in [0.15, 0.2) is 29.8 Å². The van der Waals surface area contributed by atoms with E-state index in [9.17, 15) is 0 Å². The van der Waals surface area contributed by atoms with Crippen molar-refractivity contribution in [3.05, 3.63) is 35.5 Å². The summed E-state index contributed by atoms with van der Waals surface area (Å²) in [7, 11) is 0. The Bertz CT molecular complexity index is 596. The van der Waals surface area contributed by atoms with E-state index in [1.807, 2.05) is 18.2 Å². The maximum Gasteiger partial charge on any atom is 0.188 e. The molecule has 0 bridgehead atoms. The van der Waals surface area contributed by atoms with Gasteiger partial charge < -0.3 is 15.3 Å². The molecule has 2 aromatic heterocycles. The van der Waals surface area contributed by atoms with Crippen LogP contribution in [0.25, 0.3) is 0 Å². The van der Waals surface area contributed by atoms with E-state index in [1.54, 1.807) is 17.5 Å². The number of pyridine rings is 1. The third-order valence-corrected chi connectivity index (χ3v) is 5.32. The first-order chi connectivity index (χ1) is 11.3. The highest BCUT2D eigenvalue weighted by molar-refractivity contribution is 7.13. The highest BCUT2D eigenvalue weighted by Crippen LogP contribution is 2.31. The number of rotatable bonds is 6. The van der Waals surface area contributed by atoms with Gasteiger partial charge in [-0.15, -0.1) is 11.3 Å². The summed E-state index contributed by atoms with van der Waals surface area (Å²) in [5, 5.41) is 15.4. The molecule has 0 saturated carbocycles. The topological polar surface area (TPSA) is 61.3 Å². The molecule has 1 atom stereocenters. The zero-order valence-corrected chi connectivity index (χ0v) is 14.3. The van der Waals surface area contributed by atoms with Crippen molar-refractivity contribution in [2.75, 3.05) is 25.0 Å². The summed E-state index contributed by atoms with van der Waals surface area (Å²) in [5.41, 5.74) is 1.20. The SMILES string of the molecule is C[C@H](CCO)N1CCC(c2csc(Nc3ccccn3)n2)CC1. The van der Waals surface area contributed by atoms with E-state index in [0.717, 1.165) is 43.3 Å². The van der Waals surface area contributed by atoms with Crippen LogP contribution in [0, 0.1) is 0 Å². The average Bonchev–Trinajstić information content (AvgIpc) is 3.05. The molecule has 0 aromatic carbocycles. The average molecular weight is 332 g/mol. The van der Waals surface area contributed by atoms with E-state index in [0.29, 0.717) is 12.0 Å². The van der Waals surface area contributed by atoms with Gasteiger partial charge in [0.05, 0.1) is 5.69 Å². The first kappa shape index (κ1) is 16.4. The lowest BCUT2D eigenvalue weighted by molar-refractivity contribution is 0.135. The van der Waals surface area contributed by atoms with Crippen molar-refractivity contribution >= 4 is 22.3 Å². The van der Waals surface area contributed by atoms with Crippen LogP contribution >= 0.6 is 11.3 Å². The van der Waals surface area contributed by atoms with Crippen LogP contribution in [0.4, 0.5) is 10.9 Å². The predicted octanol–water partition coefficient (Wildman–Crippen LogP) is 3.23. The van der Waals surface area contributed by atoms with Crippen molar-refractivity contribution in [3.8, 4) is 0 Å². The van der Waals surface area contributed by atoms with Gasteiger partial charge >= 0.3 is 0 Å². The van der Waals surface area contributed by atoms with Crippen LogP contribution in [-0.4, -0.2) is 45.7 Å². The second-order valence-corrected chi connectivity index (χ2v) is 6.95. The molecule has 0 amide bonds. The van der Waals surface area contributed by atoms with Crippen molar-refractivity contribution in [2.24, 2.45) is 0 Å². The number of nitrogens with zero attached hydrogens (tertiary/aromatic N) is 3. The number of thiazole rings is 1. The van der Waals surface area contributed by atoms with Crippen LogP contribution in [0.3, 0.4) is 0 Å². The van der Waals surface area contributed by atoms with E-state index >= 15 is 0 Å². The minimum Gasteiger partial charge on any atom is -0.396 e. The van der Waals surface area contributed by atoms with Gasteiger partial charge in [0, 0.05) is 30.1 Å². The van der Waals surface area contributed by atoms with Crippen molar-refractivity contribution in [3.63, 3.8) is 0 Å². The second-order valence-electron chi connectivity index (χ2n) is 6.09. The van der Waals surface area contributed by atoms with Gasteiger partial charge in [-0.1, -0.05) is 6.07 Å². The lowest BCUT2D eigenvalue weighted by Gasteiger charge is -2.35. The Morgan fingerprint density at radius 2 is 2.22 bits per heavy atom. The molecule has 124 valence electrons. The van der Waals surface area contributed by atoms with Crippen LogP contribution in [0.2, 0.25) is 0 Å². The smallest absolute Gasteiger partial charge is 0.188 e. The summed E-state index contributed by atoms with van der Waals surface area (Å²) >= 11 is 1.64. The minimum atomic E-state index is 0.274. The second kappa shape index (κ2) is 7.86. The van der Waals surface area contributed by atoms with Gasteiger partial charge in [0.25, 0.3) is 0 Å². The third kappa shape index (κ3) is 4.28. The summed E-state index contributed by atoms with van der Waals surface area (Å²) in [6, 6.07) is 6.29. The molecule has 5 nitrogen and oxygen atoms in total. The molecule has 0 spiro atoms. The van der Waals surface area contributed by atoms with Gasteiger partial charge in [-0.3, -0.25) is 0 Å². The molecule has 1 aliphatic heterocycles. The quantitative estimate of drug-likeness (QED) is 0.850. The lowest BCUT2D eigenvalue weighted by Crippen LogP contribution is -2.39. The van der Waals surface area contributed by atoms with E-state index < -0.39 is 0 Å². The van der Waals surface area contributed by atoms with E-state index in [1.165, 1.54) is 5.69 Å². The standard InChI is InChI=1S/C17H24N4OS/c1-13(7-11-22)21-9-5-14(6-10-21)15-12-23-17(19-15)20-16-4-2-3-8-18-16/h2-4,8,12-14,22H,5-7,9-11H2,1H3,(H,18,19,20)/t13-/m1/s1. The molecule has 3 heterocycles. The molecule has 23 heavy (non-hydrogen) atoms. The monoisotopic (exact) mass is 332 g/mol. The maximum absolute atomic E-state index is 9.07. The van der Waals surface area contributed by atoms with Gasteiger partial charge in [-0.2, -0.15) is 0 Å². The predicted molar refractivity (Wildman–Crippen MR) is 94.3 cm³/mol. The summed E-state index contributed by atoms with van der Waals surface area (Å²) in [4.78, 5) is 11.5. The lowest BCUT2D eigenvalue weighted by atomic mass is 9.93. The number of likely N-dealkylation sites (tertiary alicyclic amines) is 1. The summed E-state index contributed by atoms with van der Waals surface area (Å²) in [6.45, 7) is 4.66. The Kier molecular flexibility index (Phi) is 5.59. The van der Waals surface area contributed by atoms with Gasteiger partial charge in [-0.25, -0.2) is 9.97 Å². The van der Waals surface area contributed by atoms with Gasteiger partial charge in [0.15, 0.2) is 5.13 Å². The van der Waals surface area contributed by atoms with E-state index in [-0.39, 0.29) is 6.61 Å².